The van der Waals surface area contributed by atoms with E-state index in [4.69, 9.17) is 5.14 Å². The molecule has 1 atom stereocenters. The van der Waals surface area contributed by atoms with Gasteiger partial charge in [-0.2, -0.15) is 0 Å². The Labute approximate surface area is 126 Å². The summed E-state index contributed by atoms with van der Waals surface area (Å²) in [5, 5.41) is 10.9. The van der Waals surface area contributed by atoms with Gasteiger partial charge in [0.2, 0.25) is 15.9 Å². The molecule has 1 aromatic rings. The average Bonchev–Trinajstić information content (AvgIpc) is 2.44. The average molecular weight is 313 g/mol. The fourth-order valence-electron chi connectivity index (χ4n) is 1.67. The number of sulfonamides is 1. The first-order valence-corrected chi connectivity index (χ1v) is 8.49. The molecule has 118 valence electrons. The topological polar surface area (TPSA) is 101 Å². The molecule has 0 radical (unpaired) electrons. The molecule has 0 saturated carbocycles. The van der Waals surface area contributed by atoms with Crippen LogP contribution in [0.1, 0.15) is 25.8 Å². The Bertz CT molecular complexity index is 555. The highest BCUT2D eigenvalue weighted by Gasteiger charge is 2.07. The summed E-state index contributed by atoms with van der Waals surface area (Å²) >= 11 is 0. The number of hydrogen-bond donors (Lipinski definition) is 3. The van der Waals surface area contributed by atoms with Crippen molar-refractivity contribution in [2.75, 3.05) is 13.1 Å². The van der Waals surface area contributed by atoms with Crippen LogP contribution in [0.15, 0.2) is 29.2 Å². The van der Waals surface area contributed by atoms with E-state index in [0.717, 1.165) is 12.0 Å². The fraction of sp³-hybridized carbons (Fsp3) is 0.500. The molecule has 0 aliphatic carbocycles. The minimum absolute atomic E-state index is 0.0449. The molecule has 0 aliphatic rings. The third kappa shape index (κ3) is 6.70. The predicted molar refractivity (Wildman–Crippen MR) is 82.3 cm³/mol. The molecule has 1 aromatic carbocycles. The van der Waals surface area contributed by atoms with Crippen LogP contribution >= 0.6 is 0 Å². The van der Waals surface area contributed by atoms with Crippen molar-refractivity contribution in [3.63, 3.8) is 0 Å². The number of nitrogens with two attached hydrogens (primary N) is 1. The summed E-state index contributed by atoms with van der Waals surface area (Å²) < 4.78 is 22.2. The molecule has 7 heteroatoms. The Kier molecular flexibility index (Phi) is 6.80. The van der Waals surface area contributed by atoms with E-state index >= 15 is 0 Å². The van der Waals surface area contributed by atoms with E-state index in [1.165, 1.54) is 12.1 Å². The van der Waals surface area contributed by atoms with Gasteiger partial charge in [-0.05, 0) is 37.5 Å². The van der Waals surface area contributed by atoms with Gasteiger partial charge >= 0.3 is 0 Å². The minimum Gasteiger partial charge on any atom is -0.355 e. The number of carbonyl (C=O) groups is 1. The molecular weight excluding hydrogens is 290 g/mol. The van der Waals surface area contributed by atoms with Crippen LogP contribution in [0.2, 0.25) is 0 Å². The second-order valence-corrected chi connectivity index (χ2v) is 6.54. The summed E-state index contributed by atoms with van der Waals surface area (Å²) in [6.45, 7) is 4.90. The lowest BCUT2D eigenvalue weighted by molar-refractivity contribution is -0.120. The standard InChI is InChI=1S/C14H23N3O3S/c1-3-11(2)17-10-14(18)16-9-8-12-4-6-13(7-5-12)21(15,19)20/h4-7,11,17H,3,8-10H2,1-2H3,(H,16,18)(H2,15,19,20). The third-order valence-corrected chi connectivity index (χ3v) is 4.14. The summed E-state index contributed by atoms with van der Waals surface area (Å²) in [6.07, 6.45) is 1.61. The van der Waals surface area contributed by atoms with Crippen molar-refractivity contribution in [2.45, 2.75) is 37.6 Å². The number of carbonyl (C=O) groups excluding carboxylic acids is 1. The molecular formula is C14H23N3O3S. The van der Waals surface area contributed by atoms with E-state index in [9.17, 15) is 13.2 Å². The third-order valence-electron chi connectivity index (χ3n) is 3.21. The molecule has 0 fully saturated rings. The summed E-state index contributed by atoms with van der Waals surface area (Å²) in [7, 11) is -3.65. The Morgan fingerprint density at radius 3 is 2.43 bits per heavy atom. The maximum Gasteiger partial charge on any atom is 0.238 e. The van der Waals surface area contributed by atoms with E-state index in [-0.39, 0.29) is 10.8 Å². The van der Waals surface area contributed by atoms with Crippen LogP contribution in [-0.4, -0.2) is 33.5 Å². The number of rotatable bonds is 8. The monoisotopic (exact) mass is 313 g/mol. The largest absolute Gasteiger partial charge is 0.355 e. The van der Waals surface area contributed by atoms with Gasteiger partial charge in [0.05, 0.1) is 11.4 Å². The molecule has 1 rings (SSSR count). The van der Waals surface area contributed by atoms with Gasteiger partial charge in [0.25, 0.3) is 0 Å². The van der Waals surface area contributed by atoms with Crippen LogP contribution in [0.5, 0.6) is 0 Å². The van der Waals surface area contributed by atoms with E-state index < -0.39 is 10.0 Å². The highest BCUT2D eigenvalue weighted by Crippen LogP contribution is 2.08. The number of amides is 1. The van der Waals surface area contributed by atoms with Crippen molar-refractivity contribution < 1.29 is 13.2 Å². The summed E-state index contributed by atoms with van der Waals surface area (Å²) in [6, 6.07) is 6.65. The van der Waals surface area contributed by atoms with Gasteiger partial charge < -0.3 is 10.6 Å². The molecule has 1 amide bonds. The van der Waals surface area contributed by atoms with Crippen LogP contribution in [0.3, 0.4) is 0 Å². The molecule has 0 spiro atoms. The van der Waals surface area contributed by atoms with Crippen molar-refractivity contribution in [2.24, 2.45) is 5.14 Å². The number of benzene rings is 1. The molecule has 4 N–H and O–H groups in total. The van der Waals surface area contributed by atoms with Gasteiger partial charge in [-0.15, -0.1) is 0 Å². The van der Waals surface area contributed by atoms with Gasteiger partial charge in [0.1, 0.15) is 0 Å². The van der Waals surface area contributed by atoms with Crippen molar-refractivity contribution >= 4 is 15.9 Å². The van der Waals surface area contributed by atoms with Gasteiger partial charge in [-0.3, -0.25) is 4.79 Å². The van der Waals surface area contributed by atoms with Crippen LogP contribution in [-0.2, 0) is 21.2 Å². The second-order valence-electron chi connectivity index (χ2n) is 4.98. The van der Waals surface area contributed by atoms with Gasteiger partial charge in [-0.1, -0.05) is 19.1 Å². The first-order valence-electron chi connectivity index (χ1n) is 6.94. The Morgan fingerprint density at radius 1 is 1.29 bits per heavy atom. The van der Waals surface area contributed by atoms with E-state index in [2.05, 4.69) is 17.6 Å². The van der Waals surface area contributed by atoms with Crippen LogP contribution in [0.4, 0.5) is 0 Å². The van der Waals surface area contributed by atoms with E-state index in [0.29, 0.717) is 25.6 Å². The maximum atomic E-state index is 11.6. The molecule has 0 aromatic heterocycles. The van der Waals surface area contributed by atoms with Crippen LogP contribution < -0.4 is 15.8 Å². The first kappa shape index (κ1) is 17.6. The molecule has 0 heterocycles. The number of primary sulfonamides is 1. The molecule has 0 saturated heterocycles. The summed E-state index contributed by atoms with van der Waals surface area (Å²) in [4.78, 5) is 11.7. The van der Waals surface area contributed by atoms with E-state index in [1.807, 2.05) is 6.92 Å². The first-order chi connectivity index (χ1) is 9.82. The molecule has 0 aliphatic heterocycles. The van der Waals surface area contributed by atoms with Gasteiger partial charge in [0, 0.05) is 12.6 Å². The van der Waals surface area contributed by atoms with E-state index in [1.54, 1.807) is 12.1 Å². The van der Waals surface area contributed by atoms with Crippen LogP contribution in [0.25, 0.3) is 0 Å². The Balaban J connectivity index is 2.34. The zero-order valence-corrected chi connectivity index (χ0v) is 13.2. The second kappa shape index (κ2) is 8.11. The molecule has 6 nitrogen and oxygen atoms in total. The SMILES string of the molecule is CCC(C)NCC(=O)NCCc1ccc(S(N)(=O)=O)cc1. The van der Waals surface area contributed by atoms with Crippen molar-refractivity contribution in [1.29, 1.82) is 0 Å². The molecule has 21 heavy (non-hydrogen) atoms. The number of nitrogens with one attached hydrogen (secondary N) is 2. The predicted octanol–water partition coefficient (Wildman–Crippen LogP) is 0.381. The fourth-order valence-corrected chi connectivity index (χ4v) is 2.18. The summed E-state index contributed by atoms with van der Waals surface area (Å²) in [5.41, 5.74) is 0.942. The zero-order valence-electron chi connectivity index (χ0n) is 12.4. The smallest absolute Gasteiger partial charge is 0.238 e. The quantitative estimate of drug-likeness (QED) is 0.646. The van der Waals surface area contributed by atoms with Crippen molar-refractivity contribution in [3.8, 4) is 0 Å². The molecule has 0 bridgehead atoms. The Hall–Kier alpha value is -1.44. The lowest BCUT2D eigenvalue weighted by Crippen LogP contribution is -2.38. The highest BCUT2D eigenvalue weighted by atomic mass is 32.2. The summed E-state index contributed by atoms with van der Waals surface area (Å²) in [5.74, 6) is -0.0449. The van der Waals surface area contributed by atoms with Gasteiger partial charge in [-0.25, -0.2) is 13.6 Å². The van der Waals surface area contributed by atoms with Crippen LogP contribution in [0, 0.1) is 0 Å². The molecule has 1 unspecified atom stereocenters. The number of hydrogen-bond acceptors (Lipinski definition) is 4. The van der Waals surface area contributed by atoms with Crippen molar-refractivity contribution in [1.82, 2.24) is 10.6 Å². The Morgan fingerprint density at radius 2 is 1.90 bits per heavy atom. The normalized spacial score (nSPS) is 12.9. The maximum absolute atomic E-state index is 11.6. The highest BCUT2D eigenvalue weighted by molar-refractivity contribution is 7.89. The van der Waals surface area contributed by atoms with Gasteiger partial charge in [0.15, 0.2) is 0 Å². The minimum atomic E-state index is -3.65. The lowest BCUT2D eigenvalue weighted by atomic mass is 10.1. The zero-order chi connectivity index (χ0) is 15.9. The van der Waals surface area contributed by atoms with Crippen molar-refractivity contribution in [3.05, 3.63) is 29.8 Å². The lowest BCUT2D eigenvalue weighted by Gasteiger charge is -2.11.